The third-order valence-corrected chi connectivity index (χ3v) is 3.42. The molecule has 1 saturated carbocycles. The van der Waals surface area contributed by atoms with E-state index in [2.05, 4.69) is 13.8 Å². The Morgan fingerprint density at radius 1 is 1.23 bits per heavy atom. The van der Waals surface area contributed by atoms with Gasteiger partial charge >= 0.3 is 0 Å². The summed E-state index contributed by atoms with van der Waals surface area (Å²) in [6.07, 6.45) is 5.83. The quantitative estimate of drug-likeness (QED) is 0.624. The molecule has 1 heterocycles. The molecule has 2 rings (SSSR count). The molecular formula is C11H20O2. The molecule has 2 aliphatic rings. The fourth-order valence-corrected chi connectivity index (χ4v) is 2.82. The standard InChI is InChI=1S/C11H20O2/c1-11(2)7-9(12)8-5-3-4-6-10(8)13-11/h8-10,12H,3-7H2,1-2H3/t8-,9+,10+/m0/s1. The van der Waals surface area contributed by atoms with E-state index in [1.807, 2.05) is 0 Å². The highest BCUT2D eigenvalue weighted by Crippen LogP contribution is 2.39. The topological polar surface area (TPSA) is 29.5 Å². The molecule has 0 unspecified atom stereocenters. The van der Waals surface area contributed by atoms with Crippen LogP contribution in [0.3, 0.4) is 0 Å². The van der Waals surface area contributed by atoms with Crippen LogP contribution in [-0.2, 0) is 4.74 Å². The molecule has 2 nitrogen and oxygen atoms in total. The van der Waals surface area contributed by atoms with Crippen LogP contribution in [0.15, 0.2) is 0 Å². The minimum Gasteiger partial charge on any atom is -0.393 e. The molecule has 1 N–H and O–H groups in total. The highest BCUT2D eigenvalue weighted by atomic mass is 16.5. The molecule has 1 saturated heterocycles. The van der Waals surface area contributed by atoms with Gasteiger partial charge in [0.25, 0.3) is 0 Å². The van der Waals surface area contributed by atoms with Gasteiger partial charge in [-0.15, -0.1) is 0 Å². The SMILES string of the molecule is CC1(C)C[C@@H](O)[C@@H]2CCCC[C@H]2O1. The van der Waals surface area contributed by atoms with E-state index in [-0.39, 0.29) is 11.7 Å². The largest absolute Gasteiger partial charge is 0.393 e. The van der Waals surface area contributed by atoms with Crippen LogP contribution in [0.2, 0.25) is 0 Å². The van der Waals surface area contributed by atoms with Crippen molar-refractivity contribution < 1.29 is 9.84 Å². The van der Waals surface area contributed by atoms with Crippen LogP contribution >= 0.6 is 0 Å². The van der Waals surface area contributed by atoms with Gasteiger partial charge in [-0.2, -0.15) is 0 Å². The maximum atomic E-state index is 9.96. The minimum absolute atomic E-state index is 0.113. The monoisotopic (exact) mass is 184 g/mol. The van der Waals surface area contributed by atoms with Crippen molar-refractivity contribution in [2.24, 2.45) is 5.92 Å². The second-order valence-corrected chi connectivity index (χ2v) is 5.14. The summed E-state index contributed by atoms with van der Waals surface area (Å²) in [4.78, 5) is 0. The smallest absolute Gasteiger partial charge is 0.0655 e. The lowest BCUT2D eigenvalue weighted by Crippen LogP contribution is -2.49. The zero-order valence-corrected chi connectivity index (χ0v) is 8.62. The molecule has 2 heteroatoms. The molecule has 1 aliphatic carbocycles. The van der Waals surface area contributed by atoms with Gasteiger partial charge in [-0.25, -0.2) is 0 Å². The Kier molecular flexibility index (Phi) is 2.37. The number of aliphatic hydroxyl groups is 1. The van der Waals surface area contributed by atoms with Crippen LogP contribution in [0, 0.1) is 5.92 Å². The van der Waals surface area contributed by atoms with Crippen molar-refractivity contribution in [2.75, 3.05) is 0 Å². The Labute approximate surface area is 80.3 Å². The van der Waals surface area contributed by atoms with Crippen molar-refractivity contribution in [3.63, 3.8) is 0 Å². The van der Waals surface area contributed by atoms with Gasteiger partial charge in [0.1, 0.15) is 0 Å². The average Bonchev–Trinajstić information content (AvgIpc) is 2.02. The van der Waals surface area contributed by atoms with Crippen LogP contribution < -0.4 is 0 Å². The van der Waals surface area contributed by atoms with E-state index >= 15 is 0 Å². The maximum absolute atomic E-state index is 9.96. The average molecular weight is 184 g/mol. The van der Waals surface area contributed by atoms with E-state index in [0.717, 1.165) is 19.3 Å². The zero-order valence-electron chi connectivity index (χ0n) is 8.62. The Balaban J connectivity index is 2.07. The third-order valence-electron chi connectivity index (χ3n) is 3.42. The summed E-state index contributed by atoms with van der Waals surface area (Å²) in [5.41, 5.74) is -0.113. The lowest BCUT2D eigenvalue weighted by Gasteiger charge is -2.46. The minimum atomic E-state index is -0.131. The maximum Gasteiger partial charge on any atom is 0.0655 e. The second-order valence-electron chi connectivity index (χ2n) is 5.14. The summed E-state index contributed by atoms with van der Waals surface area (Å²) < 4.78 is 5.99. The number of fused-ring (bicyclic) bond motifs is 1. The zero-order chi connectivity index (χ0) is 9.47. The summed E-state index contributed by atoms with van der Waals surface area (Å²) in [7, 11) is 0. The van der Waals surface area contributed by atoms with Crippen molar-refractivity contribution in [1.82, 2.24) is 0 Å². The third kappa shape index (κ3) is 1.89. The first-order valence-electron chi connectivity index (χ1n) is 5.44. The Hall–Kier alpha value is -0.0800. The van der Waals surface area contributed by atoms with Gasteiger partial charge in [-0.05, 0) is 26.7 Å². The Morgan fingerprint density at radius 2 is 1.92 bits per heavy atom. The summed E-state index contributed by atoms with van der Waals surface area (Å²) in [5, 5.41) is 9.96. The molecule has 2 fully saturated rings. The van der Waals surface area contributed by atoms with E-state index < -0.39 is 0 Å². The highest BCUT2D eigenvalue weighted by molar-refractivity contribution is 4.91. The van der Waals surface area contributed by atoms with Crippen molar-refractivity contribution in [2.45, 2.75) is 63.8 Å². The van der Waals surface area contributed by atoms with Gasteiger partial charge in [-0.1, -0.05) is 12.8 Å². The van der Waals surface area contributed by atoms with Crippen molar-refractivity contribution in [3.05, 3.63) is 0 Å². The predicted molar refractivity (Wildman–Crippen MR) is 51.5 cm³/mol. The van der Waals surface area contributed by atoms with Gasteiger partial charge < -0.3 is 9.84 Å². The van der Waals surface area contributed by atoms with Crippen LogP contribution in [-0.4, -0.2) is 22.9 Å². The number of rotatable bonds is 0. The van der Waals surface area contributed by atoms with E-state index in [4.69, 9.17) is 4.74 Å². The molecule has 0 aromatic heterocycles. The summed E-state index contributed by atoms with van der Waals surface area (Å²) in [5.74, 6) is 0.418. The fraction of sp³-hybridized carbons (Fsp3) is 1.00. The molecular weight excluding hydrogens is 164 g/mol. The van der Waals surface area contributed by atoms with Crippen LogP contribution in [0.1, 0.15) is 46.0 Å². The predicted octanol–water partition coefficient (Wildman–Crippen LogP) is 2.10. The Bertz CT molecular complexity index is 189. The van der Waals surface area contributed by atoms with Crippen molar-refractivity contribution in [3.8, 4) is 0 Å². The normalized spacial score (nSPS) is 44.1. The lowest BCUT2D eigenvalue weighted by molar-refractivity contribution is -0.187. The first-order chi connectivity index (χ1) is 6.08. The van der Waals surface area contributed by atoms with Gasteiger partial charge in [0, 0.05) is 12.3 Å². The van der Waals surface area contributed by atoms with Crippen molar-refractivity contribution in [1.29, 1.82) is 0 Å². The van der Waals surface area contributed by atoms with Gasteiger partial charge in [0.05, 0.1) is 17.8 Å². The first-order valence-corrected chi connectivity index (χ1v) is 5.44. The molecule has 0 bridgehead atoms. The van der Waals surface area contributed by atoms with Gasteiger partial charge in [-0.3, -0.25) is 0 Å². The molecule has 0 amide bonds. The second kappa shape index (κ2) is 3.25. The molecule has 0 aromatic rings. The van der Waals surface area contributed by atoms with Gasteiger partial charge in [0.2, 0.25) is 0 Å². The summed E-state index contributed by atoms with van der Waals surface area (Å²) in [6, 6.07) is 0. The fourth-order valence-electron chi connectivity index (χ4n) is 2.82. The number of ether oxygens (including phenoxy) is 1. The van der Waals surface area contributed by atoms with Crippen LogP contribution in [0.25, 0.3) is 0 Å². The van der Waals surface area contributed by atoms with E-state index in [9.17, 15) is 5.11 Å². The Morgan fingerprint density at radius 3 is 2.69 bits per heavy atom. The van der Waals surface area contributed by atoms with Crippen molar-refractivity contribution >= 4 is 0 Å². The molecule has 1 aliphatic heterocycles. The van der Waals surface area contributed by atoms with E-state index in [0.29, 0.717) is 12.0 Å². The summed E-state index contributed by atoms with van der Waals surface area (Å²) in [6.45, 7) is 4.17. The molecule has 3 atom stereocenters. The number of hydrogen-bond donors (Lipinski definition) is 1. The van der Waals surface area contributed by atoms with E-state index in [1.54, 1.807) is 0 Å². The molecule has 0 spiro atoms. The highest BCUT2D eigenvalue weighted by Gasteiger charge is 2.42. The first kappa shape index (κ1) is 9.47. The number of aliphatic hydroxyl groups excluding tert-OH is 1. The summed E-state index contributed by atoms with van der Waals surface area (Å²) >= 11 is 0. The van der Waals surface area contributed by atoms with Gasteiger partial charge in [0.15, 0.2) is 0 Å². The van der Waals surface area contributed by atoms with Crippen LogP contribution in [0.4, 0.5) is 0 Å². The lowest BCUT2D eigenvalue weighted by atomic mass is 9.76. The van der Waals surface area contributed by atoms with Crippen LogP contribution in [0.5, 0.6) is 0 Å². The van der Waals surface area contributed by atoms with E-state index in [1.165, 1.54) is 12.8 Å². The molecule has 76 valence electrons. The molecule has 0 aromatic carbocycles. The number of hydrogen-bond acceptors (Lipinski definition) is 2. The molecule has 0 radical (unpaired) electrons. The molecule has 13 heavy (non-hydrogen) atoms.